The third-order valence-electron chi connectivity index (χ3n) is 2.18. The Kier molecular flexibility index (Phi) is 2.37. The summed E-state index contributed by atoms with van der Waals surface area (Å²) in [6.45, 7) is 2.62. The van der Waals surface area contributed by atoms with Gasteiger partial charge < -0.3 is 5.73 Å². The molecule has 0 aliphatic carbocycles. The Morgan fingerprint density at radius 1 is 1.33 bits per heavy atom. The Labute approximate surface area is 86.5 Å². The Morgan fingerprint density at radius 2 is 2.00 bits per heavy atom. The second kappa shape index (κ2) is 3.68. The van der Waals surface area contributed by atoms with Gasteiger partial charge in [-0.2, -0.15) is 0 Å². The average Bonchev–Trinajstić information content (AvgIpc) is 2.61. The first-order chi connectivity index (χ1) is 7.22. The highest BCUT2D eigenvalue weighted by atomic mass is 19.1. The molecule has 0 radical (unpaired) electrons. The molecular formula is C10H11FN4. The highest BCUT2D eigenvalue weighted by Crippen LogP contribution is 2.23. The summed E-state index contributed by atoms with van der Waals surface area (Å²) >= 11 is 0. The standard InChI is InChI=1S/C10H11FN4/c1-2-15-9(10(12)13-14-15)7-3-5-8(11)6-4-7/h3-6H,2,12H2,1H3. The monoisotopic (exact) mass is 206 g/mol. The van der Waals surface area contributed by atoms with Crippen LogP contribution >= 0.6 is 0 Å². The maximum Gasteiger partial charge on any atom is 0.174 e. The molecule has 0 unspecified atom stereocenters. The van der Waals surface area contributed by atoms with Gasteiger partial charge in [-0.25, -0.2) is 9.07 Å². The van der Waals surface area contributed by atoms with Gasteiger partial charge >= 0.3 is 0 Å². The van der Waals surface area contributed by atoms with Crippen LogP contribution in [-0.2, 0) is 6.54 Å². The molecule has 1 heterocycles. The number of halogens is 1. The third-order valence-corrected chi connectivity index (χ3v) is 2.18. The molecule has 0 saturated heterocycles. The SMILES string of the molecule is CCn1nnc(N)c1-c1ccc(F)cc1. The van der Waals surface area contributed by atoms with Crippen LogP contribution in [0.2, 0.25) is 0 Å². The van der Waals surface area contributed by atoms with Crippen LogP contribution in [0.1, 0.15) is 6.92 Å². The molecule has 0 bridgehead atoms. The molecule has 2 rings (SSSR count). The maximum atomic E-state index is 12.7. The number of aryl methyl sites for hydroxylation is 1. The maximum absolute atomic E-state index is 12.7. The second-order valence-corrected chi connectivity index (χ2v) is 3.15. The number of nitrogens with zero attached hydrogens (tertiary/aromatic N) is 3. The van der Waals surface area contributed by atoms with Crippen molar-refractivity contribution in [3.8, 4) is 11.3 Å². The van der Waals surface area contributed by atoms with Gasteiger partial charge in [-0.1, -0.05) is 5.21 Å². The van der Waals surface area contributed by atoms with Crippen LogP contribution in [0.3, 0.4) is 0 Å². The molecule has 2 N–H and O–H groups in total. The first-order valence-electron chi connectivity index (χ1n) is 4.67. The molecule has 0 fully saturated rings. The summed E-state index contributed by atoms with van der Waals surface area (Å²) in [7, 11) is 0. The van der Waals surface area contributed by atoms with Crippen molar-refractivity contribution in [2.45, 2.75) is 13.5 Å². The zero-order valence-electron chi connectivity index (χ0n) is 8.31. The van der Waals surface area contributed by atoms with Crippen LogP contribution in [0.25, 0.3) is 11.3 Å². The summed E-state index contributed by atoms with van der Waals surface area (Å²) in [5.41, 5.74) is 7.25. The highest BCUT2D eigenvalue weighted by Gasteiger charge is 2.10. The van der Waals surface area contributed by atoms with Crippen molar-refractivity contribution < 1.29 is 4.39 Å². The number of hydrogen-bond donors (Lipinski definition) is 1. The van der Waals surface area contributed by atoms with E-state index in [1.54, 1.807) is 16.8 Å². The number of hydrogen-bond acceptors (Lipinski definition) is 3. The average molecular weight is 206 g/mol. The molecule has 78 valence electrons. The summed E-state index contributed by atoms with van der Waals surface area (Å²) in [5, 5.41) is 7.66. The molecule has 1 aromatic carbocycles. The van der Waals surface area contributed by atoms with Gasteiger partial charge in [-0.15, -0.1) is 5.10 Å². The van der Waals surface area contributed by atoms with E-state index in [9.17, 15) is 4.39 Å². The van der Waals surface area contributed by atoms with E-state index in [-0.39, 0.29) is 5.82 Å². The lowest BCUT2D eigenvalue weighted by Crippen LogP contribution is -2.00. The van der Waals surface area contributed by atoms with Gasteiger partial charge in [0.25, 0.3) is 0 Å². The van der Waals surface area contributed by atoms with Crippen LogP contribution in [0.15, 0.2) is 24.3 Å². The van der Waals surface area contributed by atoms with Crippen molar-refractivity contribution in [3.05, 3.63) is 30.1 Å². The van der Waals surface area contributed by atoms with Crippen molar-refractivity contribution in [2.24, 2.45) is 0 Å². The number of anilines is 1. The first-order valence-corrected chi connectivity index (χ1v) is 4.67. The smallest absolute Gasteiger partial charge is 0.174 e. The van der Waals surface area contributed by atoms with Gasteiger partial charge in [0.05, 0.1) is 0 Å². The Balaban J connectivity index is 2.52. The van der Waals surface area contributed by atoms with E-state index in [2.05, 4.69) is 10.3 Å². The second-order valence-electron chi connectivity index (χ2n) is 3.15. The van der Waals surface area contributed by atoms with E-state index in [0.717, 1.165) is 11.3 Å². The Hall–Kier alpha value is -1.91. The van der Waals surface area contributed by atoms with Gasteiger partial charge in [0.1, 0.15) is 11.5 Å². The van der Waals surface area contributed by atoms with E-state index in [0.29, 0.717) is 12.4 Å². The fraction of sp³-hybridized carbons (Fsp3) is 0.200. The molecular weight excluding hydrogens is 195 g/mol. The normalized spacial score (nSPS) is 10.5. The van der Waals surface area contributed by atoms with Crippen LogP contribution < -0.4 is 5.73 Å². The number of nitrogen functional groups attached to an aromatic ring is 1. The first kappa shape index (κ1) is 9.64. The van der Waals surface area contributed by atoms with Crippen LogP contribution in [0.5, 0.6) is 0 Å². The topological polar surface area (TPSA) is 56.7 Å². The van der Waals surface area contributed by atoms with Crippen molar-refractivity contribution in [2.75, 3.05) is 5.73 Å². The van der Waals surface area contributed by atoms with E-state index in [1.165, 1.54) is 12.1 Å². The molecule has 15 heavy (non-hydrogen) atoms. The van der Waals surface area contributed by atoms with E-state index in [4.69, 9.17) is 5.73 Å². The van der Waals surface area contributed by atoms with Crippen molar-refractivity contribution >= 4 is 5.82 Å². The fourth-order valence-electron chi connectivity index (χ4n) is 1.45. The van der Waals surface area contributed by atoms with Crippen LogP contribution in [0.4, 0.5) is 10.2 Å². The summed E-state index contributed by atoms with van der Waals surface area (Å²) in [6.07, 6.45) is 0. The van der Waals surface area contributed by atoms with Crippen molar-refractivity contribution in [1.82, 2.24) is 15.0 Å². The quantitative estimate of drug-likeness (QED) is 0.813. The lowest BCUT2D eigenvalue weighted by molar-refractivity contribution is 0.625. The molecule has 2 aromatic rings. The summed E-state index contributed by atoms with van der Waals surface area (Å²) in [5.74, 6) is 0.0938. The summed E-state index contributed by atoms with van der Waals surface area (Å²) in [4.78, 5) is 0. The molecule has 0 spiro atoms. The predicted molar refractivity (Wildman–Crippen MR) is 55.5 cm³/mol. The molecule has 0 aliphatic heterocycles. The number of benzene rings is 1. The minimum absolute atomic E-state index is 0.271. The Bertz CT molecular complexity index is 461. The molecule has 0 amide bonds. The predicted octanol–water partition coefficient (Wildman–Crippen LogP) is 1.69. The largest absolute Gasteiger partial charge is 0.380 e. The van der Waals surface area contributed by atoms with Gasteiger partial charge in [0.15, 0.2) is 5.82 Å². The lowest BCUT2D eigenvalue weighted by atomic mass is 10.1. The van der Waals surface area contributed by atoms with Gasteiger partial charge in [0, 0.05) is 12.1 Å². The minimum atomic E-state index is -0.271. The number of rotatable bonds is 2. The zero-order chi connectivity index (χ0) is 10.8. The molecule has 5 heteroatoms. The number of aromatic nitrogens is 3. The minimum Gasteiger partial charge on any atom is -0.380 e. The van der Waals surface area contributed by atoms with Crippen molar-refractivity contribution in [1.29, 1.82) is 0 Å². The van der Waals surface area contributed by atoms with Crippen LogP contribution in [-0.4, -0.2) is 15.0 Å². The zero-order valence-corrected chi connectivity index (χ0v) is 8.31. The van der Waals surface area contributed by atoms with E-state index < -0.39 is 0 Å². The molecule has 1 aromatic heterocycles. The molecule has 0 saturated carbocycles. The van der Waals surface area contributed by atoms with Crippen molar-refractivity contribution in [3.63, 3.8) is 0 Å². The van der Waals surface area contributed by atoms with Gasteiger partial charge in [-0.05, 0) is 31.2 Å². The Morgan fingerprint density at radius 3 is 2.60 bits per heavy atom. The summed E-state index contributed by atoms with van der Waals surface area (Å²) < 4.78 is 14.4. The van der Waals surface area contributed by atoms with E-state index in [1.807, 2.05) is 6.92 Å². The fourth-order valence-corrected chi connectivity index (χ4v) is 1.45. The molecule has 4 nitrogen and oxygen atoms in total. The lowest BCUT2D eigenvalue weighted by Gasteiger charge is -2.03. The van der Waals surface area contributed by atoms with Gasteiger partial charge in [0.2, 0.25) is 0 Å². The van der Waals surface area contributed by atoms with E-state index >= 15 is 0 Å². The third kappa shape index (κ3) is 1.68. The van der Waals surface area contributed by atoms with Crippen LogP contribution in [0, 0.1) is 5.82 Å². The van der Waals surface area contributed by atoms with Gasteiger partial charge in [-0.3, -0.25) is 0 Å². The molecule has 0 atom stereocenters. The highest BCUT2D eigenvalue weighted by molar-refractivity contribution is 5.69. The summed E-state index contributed by atoms with van der Waals surface area (Å²) in [6, 6.07) is 6.11. The number of nitrogens with two attached hydrogens (primary N) is 1. The molecule has 0 aliphatic rings.